The van der Waals surface area contributed by atoms with E-state index in [1.807, 2.05) is 9.80 Å². The van der Waals surface area contributed by atoms with Crippen LogP contribution in [0.1, 0.15) is 12.8 Å². The second-order valence-corrected chi connectivity index (χ2v) is 4.57. The normalized spacial score (nSPS) is 26.9. The summed E-state index contributed by atoms with van der Waals surface area (Å²) in [5.41, 5.74) is 5.67. The smallest absolute Gasteiger partial charge is 0.320 e. The van der Waals surface area contributed by atoms with Gasteiger partial charge in [0.05, 0.1) is 13.2 Å². The van der Waals surface area contributed by atoms with E-state index in [0.717, 1.165) is 39.0 Å². The molecule has 0 spiro atoms. The number of piperidine rings is 1. The van der Waals surface area contributed by atoms with Crippen molar-refractivity contribution in [1.82, 2.24) is 9.80 Å². The number of hydrogen-bond acceptors (Lipinski definition) is 3. The van der Waals surface area contributed by atoms with E-state index in [0.29, 0.717) is 25.7 Å². The maximum absolute atomic E-state index is 12.2. The first kappa shape index (κ1) is 11.7. The Balaban J connectivity index is 1.87. The van der Waals surface area contributed by atoms with Crippen LogP contribution in [-0.4, -0.2) is 61.8 Å². The van der Waals surface area contributed by atoms with Crippen LogP contribution in [0.25, 0.3) is 0 Å². The lowest BCUT2D eigenvalue weighted by molar-refractivity contribution is 0.0394. The fourth-order valence-electron chi connectivity index (χ4n) is 2.39. The van der Waals surface area contributed by atoms with Gasteiger partial charge in [-0.25, -0.2) is 4.79 Å². The van der Waals surface area contributed by atoms with Gasteiger partial charge in [-0.3, -0.25) is 0 Å². The molecule has 0 aliphatic carbocycles. The predicted molar refractivity (Wildman–Crippen MR) is 61.1 cm³/mol. The van der Waals surface area contributed by atoms with Crippen molar-refractivity contribution in [2.45, 2.75) is 12.8 Å². The van der Waals surface area contributed by atoms with Gasteiger partial charge in [-0.1, -0.05) is 0 Å². The number of morpholine rings is 1. The van der Waals surface area contributed by atoms with Crippen LogP contribution in [0.3, 0.4) is 0 Å². The quantitative estimate of drug-likeness (QED) is 0.691. The predicted octanol–water partition coefficient (Wildman–Crippen LogP) is 0.109. The summed E-state index contributed by atoms with van der Waals surface area (Å²) in [6.07, 6.45) is 2.24. The molecule has 0 aromatic rings. The molecule has 1 unspecified atom stereocenters. The van der Waals surface area contributed by atoms with Gasteiger partial charge in [0.1, 0.15) is 0 Å². The van der Waals surface area contributed by atoms with Gasteiger partial charge in [0, 0.05) is 26.2 Å². The zero-order chi connectivity index (χ0) is 11.4. The van der Waals surface area contributed by atoms with Crippen molar-refractivity contribution in [2.75, 3.05) is 45.9 Å². The maximum atomic E-state index is 12.2. The Hall–Kier alpha value is -0.810. The highest BCUT2D eigenvalue weighted by Gasteiger charge is 2.27. The summed E-state index contributed by atoms with van der Waals surface area (Å²) >= 11 is 0. The third-order valence-electron chi connectivity index (χ3n) is 3.40. The monoisotopic (exact) mass is 227 g/mol. The average molecular weight is 227 g/mol. The molecule has 0 bridgehead atoms. The molecular weight excluding hydrogens is 206 g/mol. The van der Waals surface area contributed by atoms with Crippen molar-refractivity contribution in [2.24, 2.45) is 11.7 Å². The summed E-state index contributed by atoms with van der Waals surface area (Å²) in [7, 11) is 0. The highest BCUT2D eigenvalue weighted by molar-refractivity contribution is 5.74. The second kappa shape index (κ2) is 5.50. The van der Waals surface area contributed by atoms with Crippen LogP contribution in [0.5, 0.6) is 0 Å². The number of urea groups is 1. The number of nitrogens with two attached hydrogens (primary N) is 1. The van der Waals surface area contributed by atoms with E-state index in [9.17, 15) is 4.79 Å². The Morgan fingerprint density at radius 3 is 2.69 bits per heavy atom. The van der Waals surface area contributed by atoms with Gasteiger partial charge >= 0.3 is 6.03 Å². The third kappa shape index (κ3) is 2.65. The van der Waals surface area contributed by atoms with Crippen LogP contribution < -0.4 is 5.73 Å². The minimum Gasteiger partial charge on any atom is -0.378 e. The Kier molecular flexibility index (Phi) is 4.01. The topological polar surface area (TPSA) is 58.8 Å². The molecule has 92 valence electrons. The van der Waals surface area contributed by atoms with Gasteiger partial charge < -0.3 is 20.3 Å². The minimum absolute atomic E-state index is 0.168. The number of hydrogen-bond donors (Lipinski definition) is 1. The van der Waals surface area contributed by atoms with Crippen LogP contribution in [0.4, 0.5) is 4.79 Å². The van der Waals surface area contributed by atoms with Gasteiger partial charge in [0.25, 0.3) is 0 Å². The number of nitrogens with zero attached hydrogens (tertiary/aromatic N) is 2. The number of ether oxygens (including phenoxy) is 1. The molecule has 2 aliphatic heterocycles. The first-order chi connectivity index (χ1) is 7.81. The molecule has 2 saturated heterocycles. The number of carbonyl (C=O) groups excluding carboxylic acids is 1. The Bertz CT molecular complexity index is 241. The lowest BCUT2D eigenvalue weighted by Crippen LogP contribution is -2.51. The van der Waals surface area contributed by atoms with Crippen molar-refractivity contribution >= 4 is 6.03 Å². The first-order valence-electron chi connectivity index (χ1n) is 6.13. The van der Waals surface area contributed by atoms with E-state index < -0.39 is 0 Å². The molecule has 0 radical (unpaired) electrons. The molecule has 5 nitrogen and oxygen atoms in total. The molecule has 2 aliphatic rings. The van der Waals surface area contributed by atoms with Gasteiger partial charge in [0.2, 0.25) is 0 Å². The third-order valence-corrected chi connectivity index (χ3v) is 3.40. The van der Waals surface area contributed by atoms with Crippen molar-refractivity contribution < 1.29 is 9.53 Å². The molecule has 2 rings (SSSR count). The van der Waals surface area contributed by atoms with E-state index >= 15 is 0 Å². The summed E-state index contributed by atoms with van der Waals surface area (Å²) in [4.78, 5) is 16.0. The standard InChI is InChI=1S/C11H21N3O2/c12-8-10-2-1-3-14(9-10)11(15)13-4-6-16-7-5-13/h10H,1-9,12H2. The lowest BCUT2D eigenvalue weighted by atomic mass is 9.99. The van der Waals surface area contributed by atoms with E-state index in [1.165, 1.54) is 0 Å². The number of rotatable bonds is 1. The largest absolute Gasteiger partial charge is 0.378 e. The van der Waals surface area contributed by atoms with E-state index in [2.05, 4.69) is 0 Å². The van der Waals surface area contributed by atoms with Crippen molar-refractivity contribution in [1.29, 1.82) is 0 Å². The molecule has 2 amide bonds. The summed E-state index contributed by atoms with van der Waals surface area (Å²) in [5.74, 6) is 0.485. The van der Waals surface area contributed by atoms with E-state index in [-0.39, 0.29) is 6.03 Å². The molecule has 0 saturated carbocycles. The van der Waals surface area contributed by atoms with E-state index in [4.69, 9.17) is 10.5 Å². The minimum atomic E-state index is 0.168. The highest BCUT2D eigenvalue weighted by atomic mass is 16.5. The molecule has 2 heterocycles. The Labute approximate surface area is 96.5 Å². The van der Waals surface area contributed by atoms with Gasteiger partial charge in [0.15, 0.2) is 0 Å². The maximum Gasteiger partial charge on any atom is 0.320 e. The van der Waals surface area contributed by atoms with Crippen LogP contribution in [0.2, 0.25) is 0 Å². The van der Waals surface area contributed by atoms with Gasteiger partial charge in [-0.05, 0) is 25.3 Å². The highest BCUT2D eigenvalue weighted by Crippen LogP contribution is 2.17. The number of likely N-dealkylation sites (tertiary alicyclic amines) is 1. The Morgan fingerprint density at radius 2 is 2.00 bits per heavy atom. The van der Waals surface area contributed by atoms with Crippen LogP contribution in [-0.2, 0) is 4.74 Å². The number of carbonyl (C=O) groups is 1. The SMILES string of the molecule is NCC1CCCN(C(=O)N2CCOCC2)C1. The Morgan fingerprint density at radius 1 is 1.25 bits per heavy atom. The molecule has 2 N–H and O–H groups in total. The summed E-state index contributed by atoms with van der Waals surface area (Å²) in [5, 5.41) is 0. The van der Waals surface area contributed by atoms with Crippen LogP contribution >= 0.6 is 0 Å². The molecule has 2 fully saturated rings. The van der Waals surface area contributed by atoms with Crippen LogP contribution in [0, 0.1) is 5.92 Å². The second-order valence-electron chi connectivity index (χ2n) is 4.57. The number of amides is 2. The molecular formula is C11H21N3O2. The molecule has 16 heavy (non-hydrogen) atoms. The summed E-state index contributed by atoms with van der Waals surface area (Å²) in [6, 6.07) is 0.168. The lowest BCUT2D eigenvalue weighted by Gasteiger charge is -2.37. The van der Waals surface area contributed by atoms with Gasteiger partial charge in [-0.2, -0.15) is 0 Å². The molecule has 0 aromatic heterocycles. The summed E-state index contributed by atoms with van der Waals surface area (Å²) in [6.45, 7) is 5.18. The van der Waals surface area contributed by atoms with Crippen molar-refractivity contribution in [3.8, 4) is 0 Å². The van der Waals surface area contributed by atoms with Crippen molar-refractivity contribution in [3.63, 3.8) is 0 Å². The van der Waals surface area contributed by atoms with Gasteiger partial charge in [-0.15, -0.1) is 0 Å². The zero-order valence-corrected chi connectivity index (χ0v) is 9.73. The molecule has 1 atom stereocenters. The molecule has 5 heteroatoms. The van der Waals surface area contributed by atoms with Crippen LogP contribution in [0.15, 0.2) is 0 Å². The fourth-order valence-corrected chi connectivity index (χ4v) is 2.39. The van der Waals surface area contributed by atoms with E-state index in [1.54, 1.807) is 0 Å². The fraction of sp³-hybridized carbons (Fsp3) is 0.909. The first-order valence-corrected chi connectivity index (χ1v) is 6.13. The summed E-state index contributed by atoms with van der Waals surface area (Å²) < 4.78 is 5.25. The van der Waals surface area contributed by atoms with Crippen molar-refractivity contribution in [3.05, 3.63) is 0 Å². The molecule has 0 aromatic carbocycles. The zero-order valence-electron chi connectivity index (χ0n) is 9.73. The average Bonchev–Trinajstić information content (AvgIpc) is 2.39.